The summed E-state index contributed by atoms with van der Waals surface area (Å²) in [7, 11) is 0. The van der Waals surface area contributed by atoms with E-state index in [1.165, 1.54) is 0 Å². The maximum Gasteiger partial charge on any atom is 0.142 e. The highest BCUT2D eigenvalue weighted by atomic mass is 16.3. The van der Waals surface area contributed by atoms with E-state index < -0.39 is 11.2 Å². The lowest BCUT2D eigenvalue weighted by Crippen LogP contribution is -2.29. The Morgan fingerprint density at radius 1 is 0.333 bits per heavy atom. The molecule has 0 saturated carbocycles. The fourth-order valence-corrected chi connectivity index (χ4v) is 8.69. The van der Waals surface area contributed by atoms with Crippen LogP contribution in [0.15, 0.2) is 170 Å². The molecule has 2 N–H and O–H groups in total. The topological polar surface area (TPSA) is 40.5 Å². The lowest BCUT2D eigenvalue weighted by atomic mass is 9.74. The van der Waals surface area contributed by atoms with Crippen molar-refractivity contribution in [1.29, 1.82) is 0 Å². The summed E-state index contributed by atoms with van der Waals surface area (Å²) in [6.07, 6.45) is 0. The van der Waals surface area contributed by atoms with Gasteiger partial charge in [0, 0.05) is 22.3 Å². The molecule has 48 heavy (non-hydrogen) atoms. The Balaban J connectivity index is 1.46. The molecule has 2 heteroatoms. The third kappa shape index (κ3) is 3.43. The van der Waals surface area contributed by atoms with Crippen molar-refractivity contribution in [3.8, 4) is 33.4 Å². The van der Waals surface area contributed by atoms with Crippen molar-refractivity contribution in [2.75, 3.05) is 0 Å². The van der Waals surface area contributed by atoms with Crippen LogP contribution in [0.4, 0.5) is 0 Å². The van der Waals surface area contributed by atoms with Crippen molar-refractivity contribution >= 4 is 21.5 Å². The number of rotatable bonds is 3. The van der Waals surface area contributed by atoms with Gasteiger partial charge in [-0.15, -0.1) is 0 Å². The Bertz CT molecular complexity index is 2410. The van der Waals surface area contributed by atoms with E-state index in [1.54, 1.807) is 0 Å². The normalized spacial score (nSPS) is 18.8. The Labute approximate surface area is 278 Å². The highest BCUT2D eigenvalue weighted by molar-refractivity contribution is 6.14. The predicted octanol–water partition coefficient (Wildman–Crippen LogP) is 10.2. The standard InChI is InChI=1S/C46H30O2/c47-45(31-17-3-1-4-18-31)39-25-13-11-23-35(39)37-27-29-15-7-9-21-33(29)41(43(37)45)42-34-22-10-8-16-30(34)28-38-36-24-12-14-26-40(36)46(48,44(38)42)32-19-5-2-6-20-32/h1-28,47-48H/t45-,46-/m0/s1. The molecule has 2 aliphatic rings. The lowest BCUT2D eigenvalue weighted by molar-refractivity contribution is 0.129. The molecule has 8 aromatic carbocycles. The van der Waals surface area contributed by atoms with Gasteiger partial charge in [0.05, 0.1) is 0 Å². The van der Waals surface area contributed by atoms with E-state index in [9.17, 15) is 10.2 Å². The Morgan fingerprint density at radius 2 is 0.688 bits per heavy atom. The number of fused-ring (bicyclic) bond motifs is 8. The van der Waals surface area contributed by atoms with Gasteiger partial charge in [-0.1, -0.05) is 158 Å². The third-order valence-electron chi connectivity index (χ3n) is 10.7. The van der Waals surface area contributed by atoms with Crippen molar-refractivity contribution in [2.24, 2.45) is 0 Å². The first kappa shape index (κ1) is 27.3. The Hall–Kier alpha value is -5.80. The zero-order chi connectivity index (χ0) is 32.0. The van der Waals surface area contributed by atoms with Gasteiger partial charge in [-0.05, 0) is 78.2 Å². The number of hydrogen-bond acceptors (Lipinski definition) is 2. The van der Waals surface area contributed by atoms with Gasteiger partial charge in [0.25, 0.3) is 0 Å². The van der Waals surface area contributed by atoms with Crippen LogP contribution >= 0.6 is 0 Å². The lowest BCUT2D eigenvalue weighted by Gasteiger charge is -2.33. The number of hydrogen-bond donors (Lipinski definition) is 2. The van der Waals surface area contributed by atoms with Crippen LogP contribution in [-0.4, -0.2) is 10.2 Å². The second-order valence-electron chi connectivity index (χ2n) is 13.0. The van der Waals surface area contributed by atoms with Gasteiger partial charge >= 0.3 is 0 Å². The molecule has 0 spiro atoms. The fraction of sp³-hybridized carbons (Fsp3) is 0.0435. The monoisotopic (exact) mass is 614 g/mol. The van der Waals surface area contributed by atoms with E-state index >= 15 is 0 Å². The summed E-state index contributed by atoms with van der Waals surface area (Å²) in [4.78, 5) is 0. The Kier molecular flexibility index (Phi) is 5.61. The minimum Gasteiger partial charge on any atom is -0.376 e. The molecule has 10 rings (SSSR count). The van der Waals surface area contributed by atoms with E-state index in [1.807, 2.05) is 72.8 Å². The molecular formula is C46H30O2. The van der Waals surface area contributed by atoms with Crippen LogP contribution in [0.1, 0.15) is 33.4 Å². The van der Waals surface area contributed by atoms with E-state index in [2.05, 4.69) is 97.1 Å². The fourth-order valence-electron chi connectivity index (χ4n) is 8.69. The molecule has 0 saturated heterocycles. The summed E-state index contributed by atoms with van der Waals surface area (Å²) in [5.74, 6) is 0. The quantitative estimate of drug-likeness (QED) is 0.208. The maximum atomic E-state index is 13.4. The second kappa shape index (κ2) is 9.85. The molecule has 0 aliphatic heterocycles. The van der Waals surface area contributed by atoms with Crippen LogP contribution in [0.5, 0.6) is 0 Å². The van der Waals surface area contributed by atoms with Crippen LogP contribution in [0, 0.1) is 0 Å². The molecule has 8 aromatic rings. The zero-order valence-corrected chi connectivity index (χ0v) is 26.1. The van der Waals surface area contributed by atoms with Gasteiger partial charge < -0.3 is 10.2 Å². The van der Waals surface area contributed by atoms with E-state index in [0.717, 1.165) is 88.3 Å². The van der Waals surface area contributed by atoms with Gasteiger partial charge in [0.15, 0.2) is 0 Å². The van der Waals surface area contributed by atoms with E-state index in [4.69, 9.17) is 0 Å². The van der Waals surface area contributed by atoms with Crippen LogP contribution in [-0.2, 0) is 11.2 Å². The molecule has 0 heterocycles. The first-order valence-corrected chi connectivity index (χ1v) is 16.5. The third-order valence-corrected chi connectivity index (χ3v) is 10.7. The Morgan fingerprint density at radius 3 is 1.12 bits per heavy atom. The van der Waals surface area contributed by atoms with Crippen molar-refractivity contribution in [3.05, 3.63) is 203 Å². The second-order valence-corrected chi connectivity index (χ2v) is 13.0. The SMILES string of the molecule is O[C@@]1(c2ccccc2)c2ccccc2-c2cc3ccccc3c(-c3c4c(cc5ccccc35)-c3ccccc3[C@@]4(O)c3ccccc3)c21. The average molecular weight is 615 g/mol. The minimum absolute atomic E-state index is 0.811. The summed E-state index contributed by atoms with van der Waals surface area (Å²) in [6, 6.07) is 57.9. The molecule has 0 radical (unpaired) electrons. The van der Waals surface area contributed by atoms with Crippen molar-refractivity contribution < 1.29 is 10.2 Å². The summed E-state index contributed by atoms with van der Waals surface area (Å²) in [6.45, 7) is 0. The van der Waals surface area contributed by atoms with Gasteiger partial charge in [-0.3, -0.25) is 0 Å². The molecule has 2 nitrogen and oxygen atoms in total. The van der Waals surface area contributed by atoms with E-state index in [-0.39, 0.29) is 0 Å². The van der Waals surface area contributed by atoms with E-state index in [0.29, 0.717) is 0 Å². The smallest absolute Gasteiger partial charge is 0.142 e. The largest absolute Gasteiger partial charge is 0.376 e. The molecule has 0 amide bonds. The predicted molar refractivity (Wildman–Crippen MR) is 195 cm³/mol. The van der Waals surface area contributed by atoms with Crippen LogP contribution in [0.3, 0.4) is 0 Å². The molecular weight excluding hydrogens is 585 g/mol. The molecule has 226 valence electrons. The molecule has 0 fully saturated rings. The highest BCUT2D eigenvalue weighted by Crippen LogP contribution is 2.61. The zero-order valence-electron chi connectivity index (χ0n) is 26.1. The highest BCUT2D eigenvalue weighted by Gasteiger charge is 2.49. The van der Waals surface area contributed by atoms with Gasteiger partial charge in [-0.25, -0.2) is 0 Å². The maximum absolute atomic E-state index is 13.4. The first-order chi connectivity index (χ1) is 23.6. The molecule has 0 bridgehead atoms. The van der Waals surface area contributed by atoms with Crippen LogP contribution < -0.4 is 0 Å². The van der Waals surface area contributed by atoms with Crippen molar-refractivity contribution in [2.45, 2.75) is 11.2 Å². The number of aliphatic hydroxyl groups is 2. The molecule has 0 unspecified atom stereocenters. The number of benzene rings is 8. The van der Waals surface area contributed by atoms with Gasteiger partial charge in [-0.2, -0.15) is 0 Å². The molecule has 2 atom stereocenters. The van der Waals surface area contributed by atoms with Crippen molar-refractivity contribution in [1.82, 2.24) is 0 Å². The van der Waals surface area contributed by atoms with Crippen molar-refractivity contribution in [3.63, 3.8) is 0 Å². The van der Waals surface area contributed by atoms with Gasteiger partial charge in [0.2, 0.25) is 0 Å². The summed E-state index contributed by atoms with van der Waals surface area (Å²) in [5, 5.41) is 31.1. The average Bonchev–Trinajstić information content (AvgIpc) is 3.57. The summed E-state index contributed by atoms with van der Waals surface area (Å²) in [5.41, 5.74) is 8.10. The summed E-state index contributed by atoms with van der Waals surface area (Å²) >= 11 is 0. The molecule has 2 aliphatic carbocycles. The first-order valence-electron chi connectivity index (χ1n) is 16.5. The summed E-state index contributed by atoms with van der Waals surface area (Å²) < 4.78 is 0. The van der Waals surface area contributed by atoms with Crippen LogP contribution in [0.2, 0.25) is 0 Å². The van der Waals surface area contributed by atoms with Crippen LogP contribution in [0.25, 0.3) is 54.9 Å². The molecule has 0 aromatic heterocycles. The van der Waals surface area contributed by atoms with Gasteiger partial charge in [0.1, 0.15) is 11.2 Å². The minimum atomic E-state index is -1.44.